The van der Waals surface area contributed by atoms with E-state index in [4.69, 9.17) is 11.6 Å². The molecule has 2 aromatic rings. The minimum atomic E-state index is 0.610. The van der Waals surface area contributed by atoms with Gasteiger partial charge in [0.05, 0.1) is 0 Å². The second-order valence-electron chi connectivity index (χ2n) is 3.69. The molecule has 0 saturated carbocycles. The van der Waals surface area contributed by atoms with Crippen LogP contribution in [0.15, 0.2) is 24.3 Å². The van der Waals surface area contributed by atoms with Crippen molar-refractivity contribution < 1.29 is 0 Å². The maximum absolute atomic E-state index is 5.66. The van der Waals surface area contributed by atoms with Gasteiger partial charge in [-0.15, -0.1) is 33.1 Å². The predicted molar refractivity (Wildman–Crippen MR) is 68.3 cm³/mol. The molecule has 1 aromatic heterocycles. The molecule has 0 aliphatic heterocycles. The Morgan fingerprint density at radius 1 is 1.12 bits per heavy atom. The van der Waals surface area contributed by atoms with E-state index >= 15 is 0 Å². The van der Waals surface area contributed by atoms with Crippen LogP contribution in [-0.2, 0) is 12.8 Å². The highest BCUT2D eigenvalue weighted by atomic mass is 35.5. The normalized spacial score (nSPS) is 10.6. The zero-order valence-corrected chi connectivity index (χ0v) is 10.7. The molecule has 0 aliphatic carbocycles. The van der Waals surface area contributed by atoms with Crippen LogP contribution in [0.3, 0.4) is 0 Å². The van der Waals surface area contributed by atoms with Gasteiger partial charge in [-0.2, -0.15) is 0 Å². The third kappa shape index (κ3) is 3.03. The highest BCUT2D eigenvalue weighted by Gasteiger charge is 2.04. The number of nitrogens with zero attached hydrogens (tertiary/aromatic N) is 2. The summed E-state index contributed by atoms with van der Waals surface area (Å²) in [4.78, 5) is 0. The number of benzene rings is 1. The lowest BCUT2D eigenvalue weighted by Gasteiger charge is -1.97. The average molecular weight is 253 g/mol. The summed E-state index contributed by atoms with van der Waals surface area (Å²) in [6, 6.07) is 8.52. The van der Waals surface area contributed by atoms with E-state index in [9.17, 15) is 0 Å². The first kappa shape index (κ1) is 11.6. The highest BCUT2D eigenvalue weighted by molar-refractivity contribution is 7.11. The van der Waals surface area contributed by atoms with Crippen LogP contribution in [-0.4, -0.2) is 16.1 Å². The molecule has 84 valence electrons. The van der Waals surface area contributed by atoms with Crippen molar-refractivity contribution in [3.8, 4) is 0 Å². The van der Waals surface area contributed by atoms with Crippen molar-refractivity contribution in [1.29, 1.82) is 0 Å². The smallest absolute Gasteiger partial charge is 0.121 e. The van der Waals surface area contributed by atoms with Gasteiger partial charge in [0.1, 0.15) is 10.0 Å². The fraction of sp³-hybridized carbons (Fsp3) is 0.333. The Balaban J connectivity index is 2.05. The topological polar surface area (TPSA) is 25.8 Å². The highest BCUT2D eigenvalue weighted by Crippen LogP contribution is 2.15. The van der Waals surface area contributed by atoms with E-state index in [-0.39, 0.29) is 0 Å². The summed E-state index contributed by atoms with van der Waals surface area (Å²) in [5.41, 5.74) is 2.56. The van der Waals surface area contributed by atoms with Gasteiger partial charge in [0.15, 0.2) is 0 Å². The van der Waals surface area contributed by atoms with E-state index in [2.05, 4.69) is 41.4 Å². The number of aromatic nitrogens is 2. The van der Waals surface area contributed by atoms with Gasteiger partial charge in [0.25, 0.3) is 0 Å². The predicted octanol–water partition coefficient (Wildman–Crippen LogP) is 3.22. The van der Waals surface area contributed by atoms with Gasteiger partial charge in [0, 0.05) is 18.7 Å². The van der Waals surface area contributed by atoms with Gasteiger partial charge in [-0.1, -0.05) is 29.8 Å². The lowest BCUT2D eigenvalue weighted by molar-refractivity contribution is 0.948. The first-order valence-electron chi connectivity index (χ1n) is 5.20. The molecular formula is C12H13ClN2S. The van der Waals surface area contributed by atoms with Crippen LogP contribution in [0, 0.1) is 6.92 Å². The van der Waals surface area contributed by atoms with Gasteiger partial charge >= 0.3 is 0 Å². The lowest BCUT2D eigenvalue weighted by atomic mass is 10.1. The van der Waals surface area contributed by atoms with Gasteiger partial charge in [0.2, 0.25) is 0 Å². The summed E-state index contributed by atoms with van der Waals surface area (Å²) in [5, 5.41) is 10.4. The van der Waals surface area contributed by atoms with Gasteiger partial charge < -0.3 is 0 Å². The molecule has 0 aliphatic rings. The molecule has 0 amide bonds. The van der Waals surface area contributed by atoms with E-state index in [1.165, 1.54) is 11.1 Å². The van der Waals surface area contributed by atoms with E-state index in [1.54, 1.807) is 11.3 Å². The Morgan fingerprint density at radius 3 is 2.50 bits per heavy atom. The molecule has 0 radical (unpaired) electrons. The van der Waals surface area contributed by atoms with Crippen molar-refractivity contribution in [2.75, 3.05) is 5.88 Å². The van der Waals surface area contributed by atoms with Gasteiger partial charge in [-0.25, -0.2) is 0 Å². The summed E-state index contributed by atoms with van der Waals surface area (Å²) in [7, 11) is 0. The standard InChI is InChI=1S/C12H13ClN2S/c1-9-2-4-10(5-3-9)8-12-15-14-11(16-12)6-7-13/h2-5H,6-8H2,1H3. The second-order valence-corrected chi connectivity index (χ2v) is 5.22. The SMILES string of the molecule is Cc1ccc(Cc2nnc(CCCl)s2)cc1. The zero-order valence-electron chi connectivity index (χ0n) is 9.11. The molecule has 0 fully saturated rings. The molecule has 0 atom stereocenters. The quantitative estimate of drug-likeness (QED) is 0.781. The van der Waals surface area contributed by atoms with E-state index < -0.39 is 0 Å². The average Bonchev–Trinajstić information content (AvgIpc) is 2.70. The fourth-order valence-electron chi connectivity index (χ4n) is 1.42. The number of rotatable bonds is 4. The molecule has 1 aromatic carbocycles. The summed E-state index contributed by atoms with van der Waals surface area (Å²) in [6.07, 6.45) is 1.67. The first-order valence-corrected chi connectivity index (χ1v) is 6.56. The van der Waals surface area contributed by atoms with Gasteiger partial charge in [-0.3, -0.25) is 0 Å². The van der Waals surface area contributed by atoms with E-state index in [0.29, 0.717) is 5.88 Å². The summed E-state index contributed by atoms with van der Waals surface area (Å²) in [6.45, 7) is 2.09. The van der Waals surface area contributed by atoms with Gasteiger partial charge in [-0.05, 0) is 12.5 Å². The zero-order chi connectivity index (χ0) is 11.4. The Hall–Kier alpha value is -0.930. The number of hydrogen-bond donors (Lipinski definition) is 0. The molecule has 0 N–H and O–H groups in total. The third-order valence-electron chi connectivity index (χ3n) is 2.29. The first-order chi connectivity index (χ1) is 7.78. The van der Waals surface area contributed by atoms with Crippen LogP contribution in [0.5, 0.6) is 0 Å². The molecule has 0 unspecified atom stereocenters. The fourth-order valence-corrected chi connectivity index (χ4v) is 2.59. The monoisotopic (exact) mass is 252 g/mol. The van der Waals surface area contributed by atoms with Crippen molar-refractivity contribution >= 4 is 22.9 Å². The molecule has 2 rings (SSSR count). The van der Waals surface area contributed by atoms with Crippen molar-refractivity contribution in [3.05, 3.63) is 45.4 Å². The Morgan fingerprint density at radius 2 is 1.81 bits per heavy atom. The largest absolute Gasteiger partial charge is 0.144 e. The Labute approximate surface area is 104 Å². The van der Waals surface area contributed by atoms with Crippen LogP contribution in [0.25, 0.3) is 0 Å². The lowest BCUT2D eigenvalue weighted by Crippen LogP contribution is -1.87. The van der Waals surface area contributed by atoms with Crippen molar-refractivity contribution in [1.82, 2.24) is 10.2 Å². The second kappa shape index (κ2) is 5.41. The number of hydrogen-bond acceptors (Lipinski definition) is 3. The Kier molecular flexibility index (Phi) is 3.91. The number of halogens is 1. The number of alkyl halides is 1. The maximum atomic E-state index is 5.66. The summed E-state index contributed by atoms with van der Waals surface area (Å²) >= 11 is 7.31. The molecule has 1 heterocycles. The maximum Gasteiger partial charge on any atom is 0.121 e. The van der Waals surface area contributed by atoms with Crippen LogP contribution < -0.4 is 0 Å². The minimum Gasteiger partial charge on any atom is -0.144 e. The minimum absolute atomic E-state index is 0.610. The van der Waals surface area contributed by atoms with Crippen LogP contribution in [0.4, 0.5) is 0 Å². The number of aryl methyl sites for hydroxylation is 2. The van der Waals surface area contributed by atoms with Crippen molar-refractivity contribution in [2.45, 2.75) is 19.8 Å². The van der Waals surface area contributed by atoms with E-state index in [0.717, 1.165) is 22.9 Å². The molecule has 0 bridgehead atoms. The van der Waals surface area contributed by atoms with Crippen molar-refractivity contribution in [2.24, 2.45) is 0 Å². The molecule has 2 nitrogen and oxygen atoms in total. The Bertz CT molecular complexity index is 450. The molecule has 0 saturated heterocycles. The van der Waals surface area contributed by atoms with Crippen LogP contribution in [0.1, 0.15) is 21.1 Å². The molecule has 4 heteroatoms. The van der Waals surface area contributed by atoms with Crippen LogP contribution in [0.2, 0.25) is 0 Å². The molecular weight excluding hydrogens is 240 g/mol. The molecule has 16 heavy (non-hydrogen) atoms. The summed E-state index contributed by atoms with van der Waals surface area (Å²) in [5.74, 6) is 0.610. The summed E-state index contributed by atoms with van der Waals surface area (Å²) < 4.78 is 0. The van der Waals surface area contributed by atoms with E-state index in [1.807, 2.05) is 0 Å². The van der Waals surface area contributed by atoms with Crippen molar-refractivity contribution in [3.63, 3.8) is 0 Å². The van der Waals surface area contributed by atoms with Crippen LogP contribution >= 0.6 is 22.9 Å². The molecule has 0 spiro atoms. The third-order valence-corrected chi connectivity index (χ3v) is 3.46.